The molecule has 0 aliphatic carbocycles. The van der Waals surface area contributed by atoms with E-state index in [0.29, 0.717) is 6.61 Å². The van der Waals surface area contributed by atoms with Gasteiger partial charge in [-0.05, 0) is 38.1 Å². The number of aromatic nitrogens is 2. The van der Waals surface area contributed by atoms with Crippen molar-refractivity contribution >= 4 is 11.5 Å². The number of ether oxygens (including phenoxy) is 1. The van der Waals surface area contributed by atoms with Crippen molar-refractivity contribution in [3.05, 3.63) is 66.1 Å². The summed E-state index contributed by atoms with van der Waals surface area (Å²) in [4.78, 5) is 11.1. The number of rotatable bonds is 4. The zero-order valence-electron chi connectivity index (χ0n) is 12.9. The standard InChI is InChI=1S/C18H19N3O/c1-3-22-16-11-15(12-19-13-16)17-8-4-5-10-21(17)18-9-6-7-14(2)20-18/h4-9,11-13H,3,10H2,1-2H3. The van der Waals surface area contributed by atoms with E-state index in [1.165, 1.54) is 0 Å². The maximum Gasteiger partial charge on any atom is 0.138 e. The van der Waals surface area contributed by atoms with Crippen molar-refractivity contribution in [2.45, 2.75) is 13.8 Å². The van der Waals surface area contributed by atoms with E-state index >= 15 is 0 Å². The fourth-order valence-electron chi connectivity index (χ4n) is 2.47. The first-order valence-electron chi connectivity index (χ1n) is 7.44. The van der Waals surface area contributed by atoms with Crippen LogP contribution in [-0.2, 0) is 0 Å². The Kier molecular flexibility index (Phi) is 4.19. The van der Waals surface area contributed by atoms with Gasteiger partial charge in [-0.2, -0.15) is 0 Å². The molecule has 1 aliphatic rings. The summed E-state index contributed by atoms with van der Waals surface area (Å²) in [5.41, 5.74) is 3.11. The molecule has 112 valence electrons. The normalized spacial score (nSPS) is 13.9. The molecule has 0 amide bonds. The van der Waals surface area contributed by atoms with E-state index in [9.17, 15) is 0 Å². The lowest BCUT2D eigenvalue weighted by molar-refractivity contribution is 0.339. The number of nitrogens with zero attached hydrogens (tertiary/aromatic N) is 3. The van der Waals surface area contributed by atoms with Crippen molar-refractivity contribution in [3.8, 4) is 5.75 Å². The Morgan fingerprint density at radius 1 is 1.27 bits per heavy atom. The Morgan fingerprint density at radius 3 is 3.00 bits per heavy atom. The molecule has 0 spiro atoms. The highest BCUT2D eigenvalue weighted by atomic mass is 16.5. The molecule has 2 aromatic heterocycles. The molecule has 0 saturated heterocycles. The SMILES string of the molecule is CCOc1cncc(C2=CC=CCN2c2cccc(C)n2)c1. The molecule has 0 radical (unpaired) electrons. The van der Waals surface area contributed by atoms with Crippen molar-refractivity contribution in [3.63, 3.8) is 0 Å². The molecule has 0 atom stereocenters. The predicted molar refractivity (Wildman–Crippen MR) is 88.8 cm³/mol. The topological polar surface area (TPSA) is 38.2 Å². The molecule has 0 unspecified atom stereocenters. The molecule has 0 bridgehead atoms. The second-order valence-electron chi connectivity index (χ2n) is 5.07. The van der Waals surface area contributed by atoms with Gasteiger partial charge in [-0.15, -0.1) is 0 Å². The molecule has 0 N–H and O–H groups in total. The van der Waals surface area contributed by atoms with Gasteiger partial charge in [0.05, 0.1) is 18.5 Å². The molecule has 4 nitrogen and oxygen atoms in total. The third-order valence-corrected chi connectivity index (χ3v) is 3.44. The molecule has 0 aromatic carbocycles. The molecular formula is C18H19N3O. The first-order valence-corrected chi connectivity index (χ1v) is 7.44. The quantitative estimate of drug-likeness (QED) is 0.863. The van der Waals surface area contributed by atoms with Gasteiger partial charge in [0.25, 0.3) is 0 Å². The average Bonchev–Trinajstić information content (AvgIpc) is 2.55. The van der Waals surface area contributed by atoms with Crippen LogP contribution in [0.25, 0.3) is 5.70 Å². The summed E-state index contributed by atoms with van der Waals surface area (Å²) < 4.78 is 5.56. The highest BCUT2D eigenvalue weighted by molar-refractivity contribution is 5.80. The average molecular weight is 293 g/mol. The van der Waals surface area contributed by atoms with Crippen LogP contribution in [0.2, 0.25) is 0 Å². The van der Waals surface area contributed by atoms with Crippen LogP contribution >= 0.6 is 0 Å². The van der Waals surface area contributed by atoms with Crippen LogP contribution in [-0.4, -0.2) is 23.1 Å². The minimum Gasteiger partial charge on any atom is -0.492 e. The Labute approximate surface area is 130 Å². The molecule has 0 saturated carbocycles. The van der Waals surface area contributed by atoms with E-state index in [1.54, 1.807) is 6.20 Å². The minimum absolute atomic E-state index is 0.632. The summed E-state index contributed by atoms with van der Waals surface area (Å²) in [6.07, 6.45) is 9.86. The first-order chi connectivity index (χ1) is 10.8. The van der Waals surface area contributed by atoms with Gasteiger partial charge < -0.3 is 9.64 Å². The highest BCUT2D eigenvalue weighted by Crippen LogP contribution is 2.28. The lowest BCUT2D eigenvalue weighted by atomic mass is 10.1. The van der Waals surface area contributed by atoms with Crippen molar-refractivity contribution < 1.29 is 4.74 Å². The van der Waals surface area contributed by atoms with Gasteiger partial charge in [-0.3, -0.25) is 4.98 Å². The van der Waals surface area contributed by atoms with Gasteiger partial charge in [-0.25, -0.2) is 4.98 Å². The van der Waals surface area contributed by atoms with Crippen LogP contribution in [0, 0.1) is 6.92 Å². The van der Waals surface area contributed by atoms with Crippen molar-refractivity contribution in [2.75, 3.05) is 18.1 Å². The zero-order valence-corrected chi connectivity index (χ0v) is 12.9. The molecule has 22 heavy (non-hydrogen) atoms. The fourth-order valence-corrected chi connectivity index (χ4v) is 2.47. The number of hydrogen-bond donors (Lipinski definition) is 0. The van der Waals surface area contributed by atoms with Gasteiger partial charge in [0.1, 0.15) is 11.6 Å². The summed E-state index contributed by atoms with van der Waals surface area (Å²) >= 11 is 0. The third-order valence-electron chi connectivity index (χ3n) is 3.44. The Balaban J connectivity index is 1.98. The van der Waals surface area contributed by atoms with Crippen LogP contribution in [0.1, 0.15) is 18.2 Å². The largest absolute Gasteiger partial charge is 0.492 e. The van der Waals surface area contributed by atoms with E-state index < -0.39 is 0 Å². The predicted octanol–water partition coefficient (Wildman–Crippen LogP) is 3.60. The highest BCUT2D eigenvalue weighted by Gasteiger charge is 2.16. The van der Waals surface area contributed by atoms with Crippen LogP contribution in [0.15, 0.2) is 54.9 Å². The fraction of sp³-hybridized carbons (Fsp3) is 0.222. The number of hydrogen-bond acceptors (Lipinski definition) is 4. The van der Waals surface area contributed by atoms with Crippen LogP contribution in [0.4, 0.5) is 5.82 Å². The number of allylic oxidation sites excluding steroid dienone is 2. The molecule has 0 fully saturated rings. The van der Waals surface area contributed by atoms with Crippen LogP contribution in [0.5, 0.6) is 5.75 Å². The zero-order chi connectivity index (χ0) is 15.4. The van der Waals surface area contributed by atoms with E-state index in [0.717, 1.165) is 35.1 Å². The Hall–Kier alpha value is -2.62. The van der Waals surface area contributed by atoms with Crippen molar-refractivity contribution in [1.29, 1.82) is 0 Å². The van der Waals surface area contributed by atoms with E-state index in [4.69, 9.17) is 4.74 Å². The molecular weight excluding hydrogens is 274 g/mol. The lowest BCUT2D eigenvalue weighted by Gasteiger charge is -2.27. The summed E-state index contributed by atoms with van der Waals surface area (Å²) in [5, 5.41) is 0. The third kappa shape index (κ3) is 3.01. The number of anilines is 1. The lowest BCUT2D eigenvalue weighted by Crippen LogP contribution is -2.24. The van der Waals surface area contributed by atoms with Gasteiger partial charge in [0, 0.05) is 24.0 Å². The van der Waals surface area contributed by atoms with E-state index in [-0.39, 0.29) is 0 Å². The molecule has 2 aromatic rings. The maximum atomic E-state index is 5.56. The smallest absolute Gasteiger partial charge is 0.138 e. The molecule has 3 rings (SSSR count). The van der Waals surface area contributed by atoms with Gasteiger partial charge in [-0.1, -0.05) is 18.2 Å². The molecule has 1 aliphatic heterocycles. The van der Waals surface area contributed by atoms with Crippen LogP contribution < -0.4 is 9.64 Å². The maximum absolute atomic E-state index is 5.56. The summed E-state index contributed by atoms with van der Waals surface area (Å²) in [7, 11) is 0. The van der Waals surface area contributed by atoms with E-state index in [1.807, 2.05) is 44.3 Å². The number of pyridine rings is 2. The summed E-state index contributed by atoms with van der Waals surface area (Å²) in [6, 6.07) is 8.08. The van der Waals surface area contributed by atoms with Gasteiger partial charge >= 0.3 is 0 Å². The number of aryl methyl sites for hydroxylation is 1. The van der Waals surface area contributed by atoms with Crippen LogP contribution in [0.3, 0.4) is 0 Å². The van der Waals surface area contributed by atoms with E-state index in [2.05, 4.69) is 33.1 Å². The van der Waals surface area contributed by atoms with Gasteiger partial charge in [0.15, 0.2) is 0 Å². The summed E-state index contributed by atoms with van der Waals surface area (Å²) in [5.74, 6) is 1.73. The Morgan fingerprint density at radius 2 is 2.18 bits per heavy atom. The van der Waals surface area contributed by atoms with Crippen molar-refractivity contribution in [1.82, 2.24) is 9.97 Å². The Bertz CT molecular complexity index is 722. The monoisotopic (exact) mass is 293 g/mol. The summed E-state index contributed by atoms with van der Waals surface area (Å²) in [6.45, 7) is 5.40. The molecule has 3 heterocycles. The minimum atomic E-state index is 0.632. The molecule has 4 heteroatoms. The van der Waals surface area contributed by atoms with Gasteiger partial charge in [0.2, 0.25) is 0 Å². The second-order valence-corrected chi connectivity index (χ2v) is 5.07. The first kappa shape index (κ1) is 14.3. The second kappa shape index (κ2) is 6.43. The van der Waals surface area contributed by atoms with Crippen molar-refractivity contribution in [2.24, 2.45) is 0 Å².